The van der Waals surface area contributed by atoms with E-state index in [0.717, 1.165) is 19.5 Å². The van der Waals surface area contributed by atoms with Crippen LogP contribution in [0.2, 0.25) is 0 Å². The van der Waals surface area contributed by atoms with Crippen LogP contribution in [0, 0.1) is 0 Å². The number of methoxy groups -OCH3 is 2. The zero-order chi connectivity index (χ0) is 35.2. The molecule has 15 heteroatoms. The molecule has 2 saturated heterocycles. The van der Waals surface area contributed by atoms with Gasteiger partial charge in [0.05, 0.1) is 49.2 Å². The van der Waals surface area contributed by atoms with Gasteiger partial charge in [0.25, 0.3) is 0 Å². The number of carbonyl (C=O) groups is 2. The van der Waals surface area contributed by atoms with Crippen LogP contribution in [0.25, 0.3) is 22.5 Å². The second-order valence-electron chi connectivity index (χ2n) is 11.6. The third-order valence-electron chi connectivity index (χ3n) is 8.58. The van der Waals surface area contributed by atoms with Gasteiger partial charge < -0.3 is 23.5 Å². The van der Waals surface area contributed by atoms with Gasteiger partial charge in [0.15, 0.2) is 0 Å². The highest BCUT2D eigenvalue weighted by Gasteiger charge is 2.43. The summed E-state index contributed by atoms with van der Waals surface area (Å²) in [6.07, 6.45) is -10.3. The van der Waals surface area contributed by atoms with E-state index in [4.69, 9.17) is 23.6 Å². The summed E-state index contributed by atoms with van der Waals surface area (Å²) >= 11 is 0. The maximum Gasteiger partial charge on any atom is 0.416 e. The molecule has 1 amide bonds. The summed E-state index contributed by atoms with van der Waals surface area (Å²) in [5.41, 5.74) is -1.23. The highest BCUT2D eigenvalue weighted by Crippen LogP contribution is 2.43. The lowest BCUT2D eigenvalue weighted by atomic mass is 9.96. The fourth-order valence-electron chi connectivity index (χ4n) is 5.83. The van der Waals surface area contributed by atoms with Gasteiger partial charge in [-0.25, -0.2) is 14.6 Å². The maximum atomic E-state index is 13.6. The van der Waals surface area contributed by atoms with Crippen molar-refractivity contribution in [2.45, 2.75) is 44.4 Å². The van der Waals surface area contributed by atoms with Crippen molar-refractivity contribution < 1.29 is 54.6 Å². The predicted molar refractivity (Wildman–Crippen MR) is 163 cm³/mol. The average Bonchev–Trinajstić information content (AvgIpc) is 3.64. The molecule has 0 aliphatic carbocycles. The van der Waals surface area contributed by atoms with Crippen LogP contribution in [-0.2, 0) is 28.4 Å². The quantitative estimate of drug-likeness (QED) is 0.135. The molecule has 2 fully saturated rings. The number of furan rings is 1. The van der Waals surface area contributed by atoms with Crippen molar-refractivity contribution in [1.29, 1.82) is 0 Å². The number of aromatic nitrogens is 1. The second kappa shape index (κ2) is 12.7. The average molecular weight is 690 g/mol. The molecule has 2 atom stereocenters. The zero-order valence-corrected chi connectivity index (χ0v) is 26.3. The van der Waals surface area contributed by atoms with Crippen LogP contribution >= 0.6 is 0 Å². The third kappa shape index (κ3) is 6.61. The van der Waals surface area contributed by atoms with Gasteiger partial charge in [0, 0.05) is 29.8 Å². The molecule has 49 heavy (non-hydrogen) atoms. The molecule has 0 radical (unpaired) electrons. The molecule has 4 heterocycles. The fourth-order valence-corrected chi connectivity index (χ4v) is 5.83. The lowest BCUT2D eigenvalue weighted by Gasteiger charge is -2.33. The van der Waals surface area contributed by atoms with E-state index in [1.54, 1.807) is 24.3 Å². The summed E-state index contributed by atoms with van der Waals surface area (Å²) < 4.78 is 103. The molecular formula is C34H29F6N3O6. The largest absolute Gasteiger partial charge is 0.496 e. The first kappa shape index (κ1) is 33.7. The summed E-state index contributed by atoms with van der Waals surface area (Å²) in [4.78, 5) is 33.4. The molecule has 0 bridgehead atoms. The smallest absolute Gasteiger partial charge is 0.416 e. The molecule has 2 aromatic heterocycles. The van der Waals surface area contributed by atoms with Crippen LogP contribution in [-0.4, -0.2) is 55.3 Å². The Kier molecular flexibility index (Phi) is 8.71. The van der Waals surface area contributed by atoms with E-state index < -0.39 is 53.3 Å². The fraction of sp³-hybridized carbons (Fsp3) is 0.324. The summed E-state index contributed by atoms with van der Waals surface area (Å²) in [6, 6.07) is 10.5. The number of nitrogens with zero attached hydrogens (tertiary/aromatic N) is 3. The van der Waals surface area contributed by atoms with Crippen molar-refractivity contribution in [3.05, 3.63) is 88.8 Å². The minimum atomic E-state index is -5.07. The lowest BCUT2D eigenvalue weighted by molar-refractivity contribution is -0.143. The number of hydrogen-bond acceptors (Lipinski definition) is 8. The van der Waals surface area contributed by atoms with Gasteiger partial charge in [0.1, 0.15) is 29.7 Å². The summed E-state index contributed by atoms with van der Waals surface area (Å²) in [6.45, 7) is 2.80. The van der Waals surface area contributed by atoms with Crippen LogP contribution in [0.4, 0.5) is 37.0 Å². The standard InChI is InChI=1S/C34H29F6N3O6/c1-18-30(20-11-22(33(35,36)37)15-23(12-20)34(38,39)40)49-32(45)43(18)16-26-24(6-8-29(41-26)42-9-4-10-42)25-13-19(5-7-27(25)46-2)28-14-21(17-48-28)31(44)47-3/h5-8,11-15,17-18,30H,4,9-10,16H2,1-3H3/t18-,30-/m0/s1. The first-order chi connectivity index (χ1) is 23.2. The van der Waals surface area contributed by atoms with Crippen LogP contribution in [0.3, 0.4) is 0 Å². The van der Waals surface area contributed by atoms with Gasteiger partial charge in [-0.1, -0.05) is 0 Å². The Hall–Kier alpha value is -5.21. The van der Waals surface area contributed by atoms with E-state index in [9.17, 15) is 35.9 Å². The van der Waals surface area contributed by atoms with Gasteiger partial charge in [-0.3, -0.25) is 4.90 Å². The minimum Gasteiger partial charge on any atom is -0.496 e. The van der Waals surface area contributed by atoms with Gasteiger partial charge >= 0.3 is 24.4 Å². The molecule has 9 nitrogen and oxygen atoms in total. The molecule has 6 rings (SSSR count). The molecule has 258 valence electrons. The molecule has 4 aromatic rings. The number of ether oxygens (including phenoxy) is 3. The number of alkyl halides is 6. The van der Waals surface area contributed by atoms with Crippen molar-refractivity contribution >= 4 is 17.9 Å². The maximum absolute atomic E-state index is 13.6. The van der Waals surface area contributed by atoms with Gasteiger partial charge in [-0.15, -0.1) is 0 Å². The number of esters is 1. The molecule has 0 saturated carbocycles. The Morgan fingerprint density at radius 1 is 0.939 bits per heavy atom. The number of pyridine rings is 1. The van der Waals surface area contributed by atoms with Crippen molar-refractivity contribution in [1.82, 2.24) is 9.88 Å². The number of halogens is 6. The minimum absolute atomic E-state index is 0.0284. The number of rotatable bonds is 8. The number of benzene rings is 2. The number of cyclic esters (lactones) is 1. The number of hydrogen-bond donors (Lipinski definition) is 0. The van der Waals surface area contributed by atoms with Crippen molar-refractivity contribution in [3.63, 3.8) is 0 Å². The molecule has 2 aliphatic rings. The SMILES string of the molecule is COC(=O)c1coc(-c2ccc(OC)c(-c3ccc(N4CCC4)nc3CN3C(=O)O[C@H](c4cc(C(F)(F)F)cc(C(F)(F)F)c4)[C@@H]3C)c2)c1. The molecule has 0 unspecified atom stereocenters. The number of anilines is 1. The number of amides is 1. The first-order valence-electron chi connectivity index (χ1n) is 15.0. The number of carbonyl (C=O) groups excluding carboxylic acids is 2. The molecule has 0 N–H and O–H groups in total. The highest BCUT2D eigenvalue weighted by molar-refractivity contribution is 5.90. The Morgan fingerprint density at radius 2 is 1.63 bits per heavy atom. The van der Waals surface area contributed by atoms with Crippen molar-refractivity contribution in [2.24, 2.45) is 0 Å². The topological polar surface area (TPSA) is 94.3 Å². The first-order valence-corrected chi connectivity index (χ1v) is 15.0. The Morgan fingerprint density at radius 3 is 2.22 bits per heavy atom. The monoisotopic (exact) mass is 689 g/mol. The normalized spacial score (nSPS) is 17.9. The van der Waals surface area contributed by atoms with Gasteiger partial charge in [-0.2, -0.15) is 26.3 Å². The van der Waals surface area contributed by atoms with E-state index in [-0.39, 0.29) is 18.2 Å². The van der Waals surface area contributed by atoms with Gasteiger partial charge in [0.2, 0.25) is 0 Å². The van der Waals surface area contributed by atoms with Crippen molar-refractivity contribution in [3.8, 4) is 28.2 Å². The third-order valence-corrected chi connectivity index (χ3v) is 8.58. The Balaban J connectivity index is 1.39. The van der Waals surface area contributed by atoms with Crippen LogP contribution in [0.15, 0.2) is 65.3 Å². The summed E-state index contributed by atoms with van der Waals surface area (Å²) in [7, 11) is 2.72. The lowest BCUT2D eigenvalue weighted by Crippen LogP contribution is -2.38. The van der Waals surface area contributed by atoms with E-state index in [0.29, 0.717) is 51.8 Å². The molecule has 2 aliphatic heterocycles. The Labute approximate surface area is 276 Å². The summed E-state index contributed by atoms with van der Waals surface area (Å²) in [5.74, 6) is 0.830. The molecule has 2 aromatic carbocycles. The molecular weight excluding hydrogens is 660 g/mol. The van der Waals surface area contributed by atoms with Crippen molar-refractivity contribution in [2.75, 3.05) is 32.2 Å². The van der Waals surface area contributed by atoms with E-state index in [2.05, 4.69) is 0 Å². The molecule has 0 spiro atoms. The zero-order valence-electron chi connectivity index (χ0n) is 26.3. The van der Waals surface area contributed by atoms with E-state index in [1.807, 2.05) is 11.0 Å². The predicted octanol–water partition coefficient (Wildman–Crippen LogP) is 8.13. The second-order valence-corrected chi connectivity index (χ2v) is 11.6. The Bertz CT molecular complexity index is 1870. The van der Waals surface area contributed by atoms with Crippen LogP contribution in [0.5, 0.6) is 5.75 Å². The van der Waals surface area contributed by atoms with E-state index >= 15 is 0 Å². The van der Waals surface area contributed by atoms with Gasteiger partial charge in [-0.05, 0) is 73.5 Å². The highest BCUT2D eigenvalue weighted by atomic mass is 19.4. The van der Waals surface area contributed by atoms with Crippen LogP contribution in [0.1, 0.15) is 52.2 Å². The summed E-state index contributed by atoms with van der Waals surface area (Å²) in [5, 5.41) is 0. The van der Waals surface area contributed by atoms with Crippen LogP contribution < -0.4 is 9.64 Å². The van der Waals surface area contributed by atoms with E-state index in [1.165, 1.54) is 38.4 Å².